The van der Waals surface area contributed by atoms with Gasteiger partial charge in [-0.2, -0.15) is 0 Å². The summed E-state index contributed by atoms with van der Waals surface area (Å²) in [4.78, 5) is 0. The summed E-state index contributed by atoms with van der Waals surface area (Å²) in [6.07, 6.45) is 0.849. The van der Waals surface area contributed by atoms with E-state index in [2.05, 4.69) is 11.4 Å². The van der Waals surface area contributed by atoms with E-state index in [9.17, 15) is 0 Å². The smallest absolute Gasteiger partial charge is 0.137 e. The van der Waals surface area contributed by atoms with Crippen LogP contribution < -0.4 is 10.1 Å². The first-order valence-corrected chi connectivity index (χ1v) is 7.14. The molecule has 2 rings (SSSR count). The number of nitrogens with one attached hydrogen (secondary N) is 1. The average Bonchev–Trinajstić information content (AvgIpc) is 2.45. The molecule has 1 N–H and O–H groups in total. The van der Waals surface area contributed by atoms with Gasteiger partial charge >= 0.3 is 0 Å². The molecule has 0 saturated heterocycles. The lowest BCUT2D eigenvalue weighted by atomic mass is 9.99. The van der Waals surface area contributed by atoms with E-state index in [0.29, 0.717) is 10.8 Å². The summed E-state index contributed by atoms with van der Waals surface area (Å²) in [5.41, 5.74) is 2.32. The van der Waals surface area contributed by atoms with Crippen molar-refractivity contribution in [1.82, 2.24) is 5.32 Å². The molecular formula is C16H17Cl2NO. The molecule has 4 heteroatoms. The van der Waals surface area contributed by atoms with Crippen LogP contribution in [0, 0.1) is 0 Å². The van der Waals surface area contributed by atoms with Gasteiger partial charge in [0.15, 0.2) is 0 Å². The SMILES string of the molecule is CNC(Cc1cccc(Cl)c1)c1ccc(Cl)c(OC)c1. The van der Waals surface area contributed by atoms with Gasteiger partial charge in [0.25, 0.3) is 0 Å². The summed E-state index contributed by atoms with van der Waals surface area (Å²) >= 11 is 12.1. The molecule has 20 heavy (non-hydrogen) atoms. The van der Waals surface area contributed by atoms with Gasteiger partial charge < -0.3 is 10.1 Å². The lowest BCUT2D eigenvalue weighted by Gasteiger charge is -2.18. The molecule has 106 valence electrons. The Morgan fingerprint density at radius 1 is 1.15 bits per heavy atom. The molecule has 0 aliphatic heterocycles. The summed E-state index contributed by atoms with van der Waals surface area (Å²) in [6.45, 7) is 0. The molecule has 0 spiro atoms. The first-order chi connectivity index (χ1) is 9.63. The number of hydrogen-bond acceptors (Lipinski definition) is 2. The van der Waals surface area contributed by atoms with Crippen LogP contribution in [0.25, 0.3) is 0 Å². The first kappa shape index (κ1) is 15.2. The van der Waals surface area contributed by atoms with Gasteiger partial charge in [0.2, 0.25) is 0 Å². The summed E-state index contributed by atoms with van der Waals surface area (Å²) in [7, 11) is 3.56. The van der Waals surface area contributed by atoms with Crippen LogP contribution in [0.3, 0.4) is 0 Å². The second kappa shape index (κ2) is 6.98. The number of rotatable bonds is 5. The number of likely N-dealkylation sites (N-methyl/N-ethyl adjacent to an activating group) is 1. The van der Waals surface area contributed by atoms with Crippen molar-refractivity contribution >= 4 is 23.2 Å². The minimum atomic E-state index is 0.180. The largest absolute Gasteiger partial charge is 0.495 e. The third kappa shape index (κ3) is 3.66. The Morgan fingerprint density at radius 3 is 2.60 bits per heavy atom. The molecule has 0 bridgehead atoms. The second-order valence-electron chi connectivity index (χ2n) is 4.57. The topological polar surface area (TPSA) is 21.3 Å². The van der Waals surface area contributed by atoms with Gasteiger partial charge in [-0.3, -0.25) is 0 Å². The van der Waals surface area contributed by atoms with Gasteiger partial charge in [0, 0.05) is 11.1 Å². The Kier molecular flexibility index (Phi) is 5.30. The summed E-state index contributed by atoms with van der Waals surface area (Å²) in [5.74, 6) is 0.690. The Balaban J connectivity index is 2.24. The lowest BCUT2D eigenvalue weighted by molar-refractivity contribution is 0.413. The third-order valence-corrected chi connectivity index (χ3v) is 3.80. The fourth-order valence-electron chi connectivity index (χ4n) is 2.18. The van der Waals surface area contributed by atoms with Gasteiger partial charge in [0.05, 0.1) is 12.1 Å². The van der Waals surface area contributed by atoms with E-state index in [-0.39, 0.29) is 6.04 Å². The molecule has 0 heterocycles. The van der Waals surface area contributed by atoms with E-state index in [1.807, 2.05) is 43.4 Å². The highest BCUT2D eigenvalue weighted by atomic mass is 35.5. The summed E-state index contributed by atoms with van der Waals surface area (Å²) in [5, 5.41) is 4.69. The normalized spacial score (nSPS) is 12.2. The van der Waals surface area contributed by atoms with E-state index in [0.717, 1.165) is 17.0 Å². The fourth-order valence-corrected chi connectivity index (χ4v) is 2.59. The predicted molar refractivity (Wildman–Crippen MR) is 85.0 cm³/mol. The second-order valence-corrected chi connectivity index (χ2v) is 5.41. The number of halogens is 2. The van der Waals surface area contributed by atoms with Crippen molar-refractivity contribution in [2.24, 2.45) is 0 Å². The highest BCUT2D eigenvalue weighted by Crippen LogP contribution is 2.29. The van der Waals surface area contributed by atoms with Crippen LogP contribution >= 0.6 is 23.2 Å². The van der Waals surface area contributed by atoms with E-state index < -0.39 is 0 Å². The highest BCUT2D eigenvalue weighted by molar-refractivity contribution is 6.32. The van der Waals surface area contributed by atoms with Crippen molar-refractivity contribution in [2.45, 2.75) is 12.5 Å². The van der Waals surface area contributed by atoms with Crippen LogP contribution in [0.2, 0.25) is 10.0 Å². The van der Waals surface area contributed by atoms with E-state index in [1.165, 1.54) is 5.56 Å². The van der Waals surface area contributed by atoms with E-state index in [4.69, 9.17) is 27.9 Å². The molecule has 0 aliphatic rings. The standard InChI is InChI=1S/C16H17Cl2NO/c1-19-15(9-11-4-3-5-13(17)8-11)12-6-7-14(18)16(10-12)20-2/h3-8,10,15,19H,9H2,1-2H3. The summed E-state index contributed by atoms with van der Waals surface area (Å²) < 4.78 is 5.27. The molecule has 0 radical (unpaired) electrons. The lowest BCUT2D eigenvalue weighted by Crippen LogP contribution is -2.18. The van der Waals surface area contributed by atoms with Crippen molar-refractivity contribution in [2.75, 3.05) is 14.2 Å². The Morgan fingerprint density at radius 2 is 1.95 bits per heavy atom. The van der Waals surface area contributed by atoms with Crippen molar-refractivity contribution < 1.29 is 4.74 Å². The predicted octanol–water partition coefficient (Wildman–Crippen LogP) is 4.51. The molecular weight excluding hydrogens is 293 g/mol. The molecule has 0 aliphatic carbocycles. The molecule has 2 aromatic carbocycles. The minimum Gasteiger partial charge on any atom is -0.495 e. The van der Waals surface area contributed by atoms with E-state index in [1.54, 1.807) is 7.11 Å². The first-order valence-electron chi connectivity index (χ1n) is 6.39. The van der Waals surface area contributed by atoms with Crippen LogP contribution in [0.1, 0.15) is 17.2 Å². The van der Waals surface area contributed by atoms with Crippen LogP contribution in [0.4, 0.5) is 0 Å². The van der Waals surface area contributed by atoms with Gasteiger partial charge in [-0.15, -0.1) is 0 Å². The van der Waals surface area contributed by atoms with Crippen molar-refractivity contribution in [1.29, 1.82) is 0 Å². The Bertz CT molecular complexity index is 586. The minimum absolute atomic E-state index is 0.180. The van der Waals surface area contributed by atoms with Crippen molar-refractivity contribution in [3.63, 3.8) is 0 Å². The molecule has 1 atom stereocenters. The quantitative estimate of drug-likeness (QED) is 0.877. The highest BCUT2D eigenvalue weighted by Gasteiger charge is 2.12. The van der Waals surface area contributed by atoms with Gasteiger partial charge in [0.1, 0.15) is 5.75 Å². The monoisotopic (exact) mass is 309 g/mol. The van der Waals surface area contributed by atoms with Crippen LogP contribution in [-0.2, 0) is 6.42 Å². The van der Waals surface area contributed by atoms with Crippen molar-refractivity contribution in [3.05, 3.63) is 63.6 Å². The molecule has 1 unspecified atom stereocenters. The van der Waals surface area contributed by atoms with Crippen LogP contribution in [-0.4, -0.2) is 14.2 Å². The zero-order valence-corrected chi connectivity index (χ0v) is 13.0. The van der Waals surface area contributed by atoms with Crippen molar-refractivity contribution in [3.8, 4) is 5.75 Å². The van der Waals surface area contributed by atoms with Crippen LogP contribution in [0.15, 0.2) is 42.5 Å². The van der Waals surface area contributed by atoms with Gasteiger partial charge in [-0.1, -0.05) is 41.4 Å². The third-order valence-electron chi connectivity index (χ3n) is 3.25. The molecule has 0 fully saturated rings. The Hall–Kier alpha value is -1.22. The number of ether oxygens (including phenoxy) is 1. The number of hydrogen-bond donors (Lipinski definition) is 1. The Labute approximate surface area is 129 Å². The fraction of sp³-hybridized carbons (Fsp3) is 0.250. The molecule has 0 aromatic heterocycles. The van der Waals surface area contributed by atoms with E-state index >= 15 is 0 Å². The zero-order chi connectivity index (χ0) is 14.5. The average molecular weight is 310 g/mol. The maximum atomic E-state index is 6.06. The maximum absolute atomic E-state index is 6.06. The molecule has 0 amide bonds. The van der Waals surface area contributed by atoms with Crippen LogP contribution in [0.5, 0.6) is 5.75 Å². The van der Waals surface area contributed by atoms with Gasteiger partial charge in [-0.25, -0.2) is 0 Å². The summed E-state index contributed by atoms with van der Waals surface area (Å²) in [6, 6.07) is 13.9. The zero-order valence-electron chi connectivity index (χ0n) is 11.5. The maximum Gasteiger partial charge on any atom is 0.137 e. The van der Waals surface area contributed by atoms with Gasteiger partial charge in [-0.05, 0) is 48.9 Å². The molecule has 2 nitrogen and oxygen atoms in total. The molecule has 0 saturated carbocycles. The molecule has 2 aromatic rings. The number of benzene rings is 2. The number of methoxy groups -OCH3 is 1.